The Bertz CT molecular complexity index is 876. The molecule has 2 fully saturated rings. The minimum atomic E-state index is -0.273. The van der Waals surface area contributed by atoms with Crippen molar-refractivity contribution >= 4 is 34.3 Å². The Kier molecular flexibility index (Phi) is 6.05. The molecule has 7 nitrogen and oxygen atoms in total. The Morgan fingerprint density at radius 1 is 1.17 bits per heavy atom. The van der Waals surface area contributed by atoms with E-state index in [-0.39, 0.29) is 18.1 Å². The molecule has 2 aromatic rings. The number of nitrogens with one attached hydrogen (secondary N) is 1. The van der Waals surface area contributed by atoms with E-state index in [1.165, 1.54) is 17.6 Å². The largest absolute Gasteiger partial charge is 0.378 e. The highest BCUT2D eigenvalue weighted by atomic mass is 32.1. The van der Waals surface area contributed by atoms with Crippen molar-refractivity contribution in [2.75, 3.05) is 62.3 Å². The molecule has 4 rings (SSSR count). The van der Waals surface area contributed by atoms with Gasteiger partial charge in [-0.3, -0.25) is 4.79 Å². The van der Waals surface area contributed by atoms with Gasteiger partial charge in [0, 0.05) is 51.1 Å². The van der Waals surface area contributed by atoms with Crippen LogP contribution in [0.3, 0.4) is 0 Å². The van der Waals surface area contributed by atoms with Crippen LogP contribution in [0, 0.1) is 11.2 Å². The highest BCUT2D eigenvalue weighted by molar-refractivity contribution is 7.13. The molecule has 1 N–H and O–H groups in total. The zero-order valence-corrected chi connectivity index (χ0v) is 17.0. The number of carbonyl (C=O) groups excluding carboxylic acids is 1. The van der Waals surface area contributed by atoms with Gasteiger partial charge in [0.1, 0.15) is 11.5 Å². The summed E-state index contributed by atoms with van der Waals surface area (Å²) in [6, 6.07) is 5.28. The summed E-state index contributed by atoms with van der Waals surface area (Å²) < 4.78 is 20.1. The first kappa shape index (κ1) is 19.8. The fourth-order valence-electron chi connectivity index (χ4n) is 3.65. The average molecular weight is 418 g/mol. The van der Waals surface area contributed by atoms with Crippen molar-refractivity contribution < 1.29 is 13.9 Å². The number of hydrogen-bond donors (Lipinski definition) is 1. The van der Waals surface area contributed by atoms with Gasteiger partial charge in [-0.25, -0.2) is 9.37 Å². The Morgan fingerprint density at radius 3 is 2.66 bits per heavy atom. The predicted molar refractivity (Wildman–Crippen MR) is 112 cm³/mol. The van der Waals surface area contributed by atoms with Gasteiger partial charge in [0.15, 0.2) is 5.13 Å². The van der Waals surface area contributed by atoms with Gasteiger partial charge in [-0.15, -0.1) is 11.3 Å². The Balaban J connectivity index is 1.38. The van der Waals surface area contributed by atoms with Crippen molar-refractivity contribution in [2.45, 2.75) is 6.42 Å². The predicted octanol–water partition coefficient (Wildman–Crippen LogP) is 2.27. The fourth-order valence-corrected chi connectivity index (χ4v) is 4.51. The molecular formula is C20H24FN5O2S. The summed E-state index contributed by atoms with van der Waals surface area (Å²) in [7, 11) is 0. The zero-order valence-electron chi connectivity index (χ0n) is 16.1. The van der Waals surface area contributed by atoms with Crippen molar-refractivity contribution in [1.29, 1.82) is 5.41 Å². The van der Waals surface area contributed by atoms with Gasteiger partial charge in [-0.2, -0.15) is 0 Å². The summed E-state index contributed by atoms with van der Waals surface area (Å²) in [6.07, 6.45) is 1.49. The molecule has 9 heteroatoms. The number of anilines is 2. The number of ether oxygens (including phenoxy) is 1. The molecule has 2 aliphatic heterocycles. The smallest absolute Gasteiger partial charge is 0.273 e. The van der Waals surface area contributed by atoms with E-state index in [2.05, 4.69) is 9.88 Å². The lowest BCUT2D eigenvalue weighted by Crippen LogP contribution is -2.49. The molecule has 0 aliphatic carbocycles. The molecule has 0 bridgehead atoms. The highest BCUT2D eigenvalue weighted by Crippen LogP contribution is 2.25. The summed E-state index contributed by atoms with van der Waals surface area (Å²) in [4.78, 5) is 23.3. The Hall–Kier alpha value is -2.52. The third-order valence-corrected chi connectivity index (χ3v) is 6.18. The minimum Gasteiger partial charge on any atom is -0.378 e. The van der Waals surface area contributed by atoms with Crippen molar-refractivity contribution in [1.82, 2.24) is 9.88 Å². The lowest BCUT2D eigenvalue weighted by molar-refractivity contribution is 0.0741. The second-order valence-electron chi connectivity index (χ2n) is 7.05. The third kappa shape index (κ3) is 4.25. The van der Waals surface area contributed by atoms with Crippen LogP contribution in [0.2, 0.25) is 0 Å². The van der Waals surface area contributed by atoms with E-state index in [1.807, 2.05) is 16.3 Å². The standard InChI is InChI=1S/C20H24FN5O2S/c21-18-15(4-5-22)2-1-3-17(18)24-6-8-25(9-7-24)19(27)16-14-29-20(23-16)26-10-12-28-13-11-26/h1-3,5,14,22H,4,6-13H2. The maximum absolute atomic E-state index is 14.7. The third-order valence-electron chi connectivity index (χ3n) is 5.28. The molecular weight excluding hydrogens is 393 g/mol. The van der Waals surface area contributed by atoms with Crippen LogP contribution in [0.5, 0.6) is 0 Å². The van der Waals surface area contributed by atoms with E-state index in [9.17, 15) is 9.18 Å². The van der Waals surface area contributed by atoms with Gasteiger partial charge in [-0.1, -0.05) is 12.1 Å². The summed E-state index contributed by atoms with van der Waals surface area (Å²) in [5, 5.41) is 9.89. The zero-order chi connectivity index (χ0) is 20.2. The lowest BCUT2D eigenvalue weighted by atomic mass is 10.1. The van der Waals surface area contributed by atoms with Crippen LogP contribution in [0.25, 0.3) is 0 Å². The van der Waals surface area contributed by atoms with Gasteiger partial charge in [0.2, 0.25) is 0 Å². The number of halogens is 1. The van der Waals surface area contributed by atoms with E-state index in [0.29, 0.717) is 56.3 Å². The second kappa shape index (κ2) is 8.87. The van der Waals surface area contributed by atoms with E-state index >= 15 is 0 Å². The van der Waals surface area contributed by atoms with Gasteiger partial charge < -0.3 is 24.8 Å². The van der Waals surface area contributed by atoms with Crippen LogP contribution < -0.4 is 9.80 Å². The number of nitrogens with zero attached hydrogens (tertiary/aromatic N) is 4. The topological polar surface area (TPSA) is 72.8 Å². The summed E-state index contributed by atoms with van der Waals surface area (Å²) >= 11 is 1.49. The summed E-state index contributed by atoms with van der Waals surface area (Å²) in [5.41, 5.74) is 1.54. The fraction of sp³-hybridized carbons (Fsp3) is 0.450. The first-order chi connectivity index (χ1) is 14.2. The van der Waals surface area contributed by atoms with Gasteiger partial charge in [0.25, 0.3) is 5.91 Å². The van der Waals surface area contributed by atoms with Gasteiger partial charge >= 0.3 is 0 Å². The maximum Gasteiger partial charge on any atom is 0.273 e. The first-order valence-corrected chi connectivity index (χ1v) is 10.6. The lowest BCUT2D eigenvalue weighted by Gasteiger charge is -2.36. The molecule has 1 aromatic carbocycles. The minimum absolute atomic E-state index is 0.0709. The highest BCUT2D eigenvalue weighted by Gasteiger charge is 2.26. The van der Waals surface area contributed by atoms with Crippen molar-refractivity contribution in [3.63, 3.8) is 0 Å². The molecule has 0 radical (unpaired) electrons. The quantitative estimate of drug-likeness (QED) is 0.756. The molecule has 0 unspecified atom stereocenters. The van der Waals surface area contributed by atoms with Crippen molar-refractivity contribution in [3.05, 3.63) is 40.7 Å². The number of aromatic nitrogens is 1. The number of morpholine rings is 1. The molecule has 3 heterocycles. The van der Waals surface area contributed by atoms with E-state index in [0.717, 1.165) is 18.2 Å². The number of benzene rings is 1. The first-order valence-electron chi connectivity index (χ1n) is 9.76. The van der Waals surface area contributed by atoms with Crippen molar-refractivity contribution in [3.8, 4) is 0 Å². The SMILES string of the molecule is N=CCc1cccc(N2CCN(C(=O)c3csc(N4CCOCC4)n3)CC2)c1F. The number of piperazine rings is 1. The van der Waals surface area contributed by atoms with Crippen LogP contribution >= 0.6 is 11.3 Å². The van der Waals surface area contributed by atoms with E-state index < -0.39 is 0 Å². The van der Waals surface area contributed by atoms with E-state index in [4.69, 9.17) is 10.1 Å². The molecule has 1 aromatic heterocycles. The van der Waals surface area contributed by atoms with Crippen LogP contribution in [-0.4, -0.2) is 74.5 Å². The summed E-state index contributed by atoms with van der Waals surface area (Å²) in [6.45, 7) is 5.14. The van der Waals surface area contributed by atoms with Gasteiger partial charge in [0.05, 0.1) is 18.9 Å². The normalized spacial score (nSPS) is 17.5. The number of carbonyl (C=O) groups is 1. The van der Waals surface area contributed by atoms with Crippen LogP contribution in [-0.2, 0) is 11.2 Å². The van der Waals surface area contributed by atoms with E-state index in [1.54, 1.807) is 17.0 Å². The average Bonchev–Trinajstić information content (AvgIpc) is 3.26. The molecule has 2 saturated heterocycles. The Morgan fingerprint density at radius 2 is 1.93 bits per heavy atom. The monoisotopic (exact) mass is 417 g/mol. The number of hydrogen-bond acceptors (Lipinski definition) is 7. The molecule has 2 aliphatic rings. The Labute approximate surface area is 173 Å². The molecule has 29 heavy (non-hydrogen) atoms. The number of amides is 1. The molecule has 0 spiro atoms. The van der Waals surface area contributed by atoms with Gasteiger partial charge in [-0.05, 0) is 17.8 Å². The molecule has 0 atom stereocenters. The molecule has 1 amide bonds. The maximum atomic E-state index is 14.7. The number of rotatable bonds is 5. The summed E-state index contributed by atoms with van der Waals surface area (Å²) in [5.74, 6) is -0.344. The second-order valence-corrected chi connectivity index (χ2v) is 7.89. The van der Waals surface area contributed by atoms with Crippen LogP contribution in [0.1, 0.15) is 16.1 Å². The van der Waals surface area contributed by atoms with Crippen LogP contribution in [0.4, 0.5) is 15.2 Å². The van der Waals surface area contributed by atoms with Crippen molar-refractivity contribution in [2.24, 2.45) is 0 Å². The number of thiazole rings is 1. The molecule has 0 saturated carbocycles. The molecule has 154 valence electrons. The van der Waals surface area contributed by atoms with Crippen LogP contribution in [0.15, 0.2) is 23.6 Å².